The Bertz CT molecular complexity index is 3320. The number of aromatic hydroxyl groups is 1. The number of halogens is 1. The van der Waals surface area contributed by atoms with Crippen LogP contribution in [0.4, 0.5) is 10.1 Å². The number of aromatic nitrogens is 1. The number of ether oxygens (including phenoxy) is 4. The number of allylic oxidation sites excluding steroid dienone is 4. The molecule has 10 rings (SSSR count). The zero-order chi connectivity index (χ0) is 58.8. The molecule has 0 unspecified atom stereocenters. The molecule has 21 heteroatoms. The summed E-state index contributed by atoms with van der Waals surface area (Å²) in [5.74, 6) is -11.6. The van der Waals surface area contributed by atoms with E-state index in [4.69, 9.17) is 18.9 Å². The van der Waals surface area contributed by atoms with Crippen molar-refractivity contribution < 1.29 is 72.5 Å². The summed E-state index contributed by atoms with van der Waals surface area (Å²) >= 11 is 0. The molecule has 0 radical (unpaired) electrons. The van der Waals surface area contributed by atoms with E-state index in [-0.39, 0.29) is 59.2 Å². The molecule has 7 aliphatic rings. The van der Waals surface area contributed by atoms with E-state index in [1.54, 1.807) is 51.7 Å². The van der Waals surface area contributed by atoms with Crippen molar-refractivity contribution in [3.63, 3.8) is 0 Å². The highest BCUT2D eigenvalue weighted by Gasteiger charge is 2.53. The van der Waals surface area contributed by atoms with Crippen LogP contribution in [0.5, 0.6) is 11.5 Å². The Morgan fingerprint density at radius 2 is 1.52 bits per heavy atom. The van der Waals surface area contributed by atoms with Gasteiger partial charge in [-0.3, -0.25) is 33.2 Å². The fourth-order valence-corrected chi connectivity index (χ4v) is 12.6. The number of fused-ring (bicyclic) bond motifs is 15. The average molecular weight is 1120 g/mol. The second-order valence-corrected chi connectivity index (χ2v) is 22.9. The molecule has 0 spiro atoms. The number of benzene rings is 1. The Labute approximate surface area is 468 Å². The van der Waals surface area contributed by atoms with Crippen molar-refractivity contribution in [3.05, 3.63) is 115 Å². The number of likely N-dealkylation sites (tertiary alicyclic amines) is 1. The van der Waals surface area contributed by atoms with Gasteiger partial charge in [-0.15, -0.1) is 0 Å². The van der Waals surface area contributed by atoms with Crippen molar-refractivity contribution in [2.24, 2.45) is 23.7 Å². The number of aliphatic hydroxyl groups excluding tert-OH is 2. The zero-order valence-electron chi connectivity index (χ0n) is 47.3. The van der Waals surface area contributed by atoms with E-state index in [0.717, 1.165) is 23.4 Å². The standard InChI is InChI=1S/C60H72FN5O15/c1-27-12-11-13-28(2)57(74)63-45-48(64-20-16-36(17-21-64)62-37-18-22-65(25-37)47-30(4)46-38(35-14-15-35)24-39(59(76)77)58(75)66(46)26-40(47)61)53(72)42-43(52(45)71)51(70)33(7)55-44(42)56(73)60(9,81-55)79-23-19-41(78-10)29(3)54(80-34(8)67)32(6)50(69)31(5)49(27)68/h11-13,19,23-24,26-27,29,31-32,35-37,41,49-50,54,62,68-70H,14-18,20-22,25H2,1-10H3,(H,63,74)(H,76,77)/b12-11+,23-19+,28-13-/t27-,29-,31-,32-,37-,41+,49+,50+,54+,60+/m1/s1. The van der Waals surface area contributed by atoms with Gasteiger partial charge in [0.2, 0.25) is 11.6 Å². The van der Waals surface area contributed by atoms with Gasteiger partial charge in [0.25, 0.3) is 17.2 Å². The van der Waals surface area contributed by atoms with Gasteiger partial charge in [-0.2, -0.15) is 0 Å². The predicted molar refractivity (Wildman–Crippen MR) is 294 cm³/mol. The van der Waals surface area contributed by atoms with Crippen LogP contribution in [-0.2, 0) is 23.8 Å². The number of anilines is 1. The maximum absolute atomic E-state index is 16.2. The summed E-state index contributed by atoms with van der Waals surface area (Å²) in [4.78, 5) is 101. The number of aliphatic hydroxyl groups is 2. The van der Waals surface area contributed by atoms with Crippen molar-refractivity contribution in [2.45, 2.75) is 143 Å². The molecule has 434 valence electrons. The lowest BCUT2D eigenvalue weighted by molar-refractivity contribution is -0.160. The lowest BCUT2D eigenvalue weighted by Gasteiger charge is -2.38. The SMILES string of the molecule is CO[C@H]1/C=C/O[C@@]2(C)Oc3c(C)c(O)c4c(c3C2=O)C(=O)C(N2CCC(N[C@@H]3CCN(c5c(F)cn6c(=O)c(C(=O)O)cc(C7CC7)c6c5C)C3)CC2)=C(NC(=O)/C(C)=C\C=C\[C@@H](C)[C@H](O)[C@@H](C)[C@H](O)[C@@H](C)[C@@H](OC(C)=O)[C@@H]1C)C4=O. The third-order valence-electron chi connectivity index (χ3n) is 17.4. The number of aromatic carboxylic acids is 1. The van der Waals surface area contributed by atoms with Crippen LogP contribution in [0.15, 0.2) is 64.6 Å². The number of amides is 1. The molecular formula is C60H72FN5O15. The molecule has 20 nitrogen and oxygen atoms in total. The smallest absolute Gasteiger partial charge is 0.341 e. The van der Waals surface area contributed by atoms with Crippen LogP contribution in [0, 0.1) is 43.3 Å². The summed E-state index contributed by atoms with van der Waals surface area (Å²) in [6, 6.07) is 1.21. The van der Waals surface area contributed by atoms with Gasteiger partial charge in [0, 0.05) is 94.0 Å². The van der Waals surface area contributed by atoms with Crippen LogP contribution in [0.1, 0.15) is 145 Å². The van der Waals surface area contributed by atoms with Crippen molar-refractivity contribution in [1.29, 1.82) is 0 Å². The molecule has 1 aromatic carbocycles. The summed E-state index contributed by atoms with van der Waals surface area (Å²) < 4.78 is 41.1. The Morgan fingerprint density at radius 3 is 2.16 bits per heavy atom. The van der Waals surface area contributed by atoms with Crippen LogP contribution in [-0.4, -0.2) is 140 Å². The van der Waals surface area contributed by atoms with E-state index in [1.807, 2.05) is 4.90 Å². The van der Waals surface area contributed by atoms with Gasteiger partial charge < -0.3 is 59.8 Å². The Morgan fingerprint density at radius 1 is 0.852 bits per heavy atom. The number of aryl methyl sites for hydroxylation is 1. The second kappa shape index (κ2) is 22.6. The van der Waals surface area contributed by atoms with E-state index >= 15 is 14.0 Å². The number of methoxy groups -OCH3 is 1. The van der Waals surface area contributed by atoms with E-state index in [2.05, 4.69) is 10.6 Å². The molecule has 2 aliphatic carbocycles. The largest absolute Gasteiger partial charge is 0.507 e. The first-order valence-corrected chi connectivity index (χ1v) is 27.7. The molecule has 1 saturated carbocycles. The minimum absolute atomic E-state index is 0.0372. The minimum Gasteiger partial charge on any atom is -0.507 e. The van der Waals surface area contributed by atoms with Crippen LogP contribution < -0.4 is 25.8 Å². The number of carbonyl (C=O) groups excluding carboxylic acids is 5. The van der Waals surface area contributed by atoms with E-state index < -0.39 is 129 Å². The number of nitrogens with one attached hydrogen (secondary N) is 2. The summed E-state index contributed by atoms with van der Waals surface area (Å²) in [5, 5.41) is 51.2. The number of rotatable bonds is 8. The highest BCUT2D eigenvalue weighted by Crippen LogP contribution is 2.50. The van der Waals surface area contributed by atoms with Gasteiger partial charge in [-0.1, -0.05) is 45.9 Å². The number of phenolic OH excluding ortho intramolecular Hbond substituents is 1. The van der Waals surface area contributed by atoms with Crippen LogP contribution in [0.2, 0.25) is 0 Å². The number of ketones is 3. The van der Waals surface area contributed by atoms with Gasteiger partial charge in [0.1, 0.15) is 34.6 Å². The number of nitrogens with zero attached hydrogens (tertiary/aromatic N) is 3. The monoisotopic (exact) mass is 1120 g/mol. The molecule has 5 bridgehead atoms. The van der Waals surface area contributed by atoms with Crippen LogP contribution in [0.25, 0.3) is 5.52 Å². The second-order valence-electron chi connectivity index (χ2n) is 22.9. The maximum Gasteiger partial charge on any atom is 0.341 e. The lowest BCUT2D eigenvalue weighted by Crippen LogP contribution is -2.49. The lowest BCUT2D eigenvalue weighted by atomic mass is 9.78. The number of phenols is 1. The molecule has 81 heavy (non-hydrogen) atoms. The van der Waals surface area contributed by atoms with Crippen molar-refractivity contribution in [3.8, 4) is 11.5 Å². The summed E-state index contributed by atoms with van der Waals surface area (Å²) in [5.41, 5.74) is -0.837. The van der Waals surface area contributed by atoms with Gasteiger partial charge in [0.05, 0.1) is 58.7 Å². The van der Waals surface area contributed by atoms with Gasteiger partial charge in [-0.25, -0.2) is 9.18 Å². The van der Waals surface area contributed by atoms with Crippen LogP contribution in [0.3, 0.4) is 0 Å². The minimum atomic E-state index is -2.15. The average Bonchev–Trinajstić information content (AvgIpc) is 2.63. The van der Waals surface area contributed by atoms with Gasteiger partial charge in [-0.05, 0) is 82.1 Å². The molecular weight excluding hydrogens is 1050 g/mol. The van der Waals surface area contributed by atoms with E-state index in [1.165, 1.54) is 59.3 Å². The number of hydrogen-bond acceptors (Lipinski definition) is 17. The van der Waals surface area contributed by atoms with E-state index in [9.17, 15) is 44.4 Å². The molecule has 3 fully saturated rings. The predicted octanol–water partition coefficient (Wildman–Crippen LogP) is 5.93. The van der Waals surface area contributed by atoms with Crippen molar-refractivity contribution >= 4 is 46.4 Å². The third kappa shape index (κ3) is 10.7. The van der Waals surface area contributed by atoms with E-state index in [0.29, 0.717) is 54.7 Å². The van der Waals surface area contributed by atoms with Crippen LogP contribution >= 0.6 is 0 Å². The number of Topliss-reactive ketones (excluding diaryl/α,β-unsaturated/α-hetero) is 3. The number of pyridine rings is 2. The zero-order valence-corrected chi connectivity index (χ0v) is 47.3. The van der Waals surface area contributed by atoms with Crippen molar-refractivity contribution in [2.75, 3.05) is 38.2 Å². The topological polar surface area (TPSA) is 272 Å². The quantitative estimate of drug-likeness (QED) is 0.143. The first-order valence-electron chi connectivity index (χ1n) is 27.7. The third-order valence-corrected chi connectivity index (χ3v) is 17.4. The van der Waals surface area contributed by atoms with Gasteiger partial charge in [0.15, 0.2) is 5.82 Å². The number of carboxylic acids is 1. The number of esters is 1. The molecule has 2 saturated heterocycles. The highest BCUT2D eigenvalue weighted by atomic mass is 19.1. The molecule has 5 aliphatic heterocycles. The number of carbonyl (C=O) groups is 6. The number of piperidine rings is 1. The first-order chi connectivity index (χ1) is 38.3. The molecule has 1 amide bonds. The molecule has 2 aromatic heterocycles. The first kappa shape index (κ1) is 58.5. The Balaban J connectivity index is 1.02. The fourth-order valence-electron chi connectivity index (χ4n) is 12.6. The van der Waals surface area contributed by atoms with Gasteiger partial charge >= 0.3 is 17.7 Å². The summed E-state index contributed by atoms with van der Waals surface area (Å²) in [7, 11) is 1.42. The van der Waals surface area contributed by atoms with Crippen molar-refractivity contribution in [1.82, 2.24) is 19.9 Å². The molecule has 7 heterocycles. The molecule has 10 atom stereocenters. The number of carboxylic acid groups (broad SMARTS) is 1. The summed E-state index contributed by atoms with van der Waals surface area (Å²) in [6.07, 6.45) is 7.49. The Kier molecular flexibility index (Phi) is 16.3. The highest BCUT2D eigenvalue weighted by molar-refractivity contribution is 6.32. The fraction of sp³-hybridized carbons (Fsp3) is 0.517. The normalized spacial score (nSPS) is 30.2. The molecule has 6 N–H and O–H groups in total. The molecule has 3 aromatic rings. The summed E-state index contributed by atoms with van der Waals surface area (Å²) in [6.45, 7) is 15.4. The Hall–Kier alpha value is -7.20. The number of hydrogen-bond donors (Lipinski definition) is 6. The maximum atomic E-state index is 16.2.